The number of nitrogens with one attached hydrogen (secondary N) is 1. The van der Waals surface area contributed by atoms with Crippen LogP contribution < -0.4 is 5.32 Å². The van der Waals surface area contributed by atoms with Crippen molar-refractivity contribution in [3.8, 4) is 0 Å². The van der Waals surface area contributed by atoms with Crippen LogP contribution in [0.1, 0.15) is 6.92 Å². The first-order valence-electron chi connectivity index (χ1n) is 4.51. The minimum Gasteiger partial charge on any atom is -0.348 e. The maximum Gasteiger partial charge on any atom is 0.236 e. The highest BCUT2D eigenvalue weighted by Gasteiger charge is 2.07. The third-order valence-electron chi connectivity index (χ3n) is 1.74. The van der Waals surface area contributed by atoms with Gasteiger partial charge in [-0.2, -0.15) is 0 Å². The van der Waals surface area contributed by atoms with E-state index in [9.17, 15) is 4.79 Å². The summed E-state index contributed by atoms with van der Waals surface area (Å²) in [6.07, 6.45) is 0. The van der Waals surface area contributed by atoms with Gasteiger partial charge in [0.05, 0.1) is 6.54 Å². The van der Waals surface area contributed by atoms with E-state index in [2.05, 4.69) is 17.1 Å². The maximum atomic E-state index is 11.2. The summed E-state index contributed by atoms with van der Waals surface area (Å²) < 4.78 is 0. The number of hydrogen-bond donors (Lipinski definition) is 1. The monoisotopic (exact) mass is 187 g/mol. The Labute approximate surface area is 80.9 Å². The molecule has 1 atom stereocenters. The molecule has 0 aromatic rings. The molecule has 0 aromatic heterocycles. The van der Waals surface area contributed by atoms with E-state index in [1.165, 1.54) is 0 Å². The van der Waals surface area contributed by atoms with E-state index in [4.69, 9.17) is 0 Å². The Bertz CT molecular complexity index is 157. The summed E-state index contributed by atoms with van der Waals surface area (Å²) in [6, 6.07) is 0.346. The molecule has 78 valence electrons. The van der Waals surface area contributed by atoms with Gasteiger partial charge in [-0.3, -0.25) is 4.79 Å². The van der Waals surface area contributed by atoms with E-state index >= 15 is 0 Å². The minimum absolute atomic E-state index is 0.116. The van der Waals surface area contributed by atoms with Crippen LogP contribution in [0.25, 0.3) is 0 Å². The molecule has 1 N–H and O–H groups in total. The summed E-state index contributed by atoms with van der Waals surface area (Å²) in [6.45, 7) is 3.44. The van der Waals surface area contributed by atoms with Crippen molar-refractivity contribution >= 4 is 5.91 Å². The van der Waals surface area contributed by atoms with Gasteiger partial charge in [-0.05, 0) is 21.0 Å². The summed E-state index contributed by atoms with van der Waals surface area (Å²) in [5, 5.41) is 3.16. The van der Waals surface area contributed by atoms with Crippen LogP contribution in [0.5, 0.6) is 0 Å². The van der Waals surface area contributed by atoms with Gasteiger partial charge in [-0.25, -0.2) is 0 Å². The molecule has 0 fully saturated rings. The zero-order valence-corrected chi connectivity index (χ0v) is 9.29. The highest BCUT2D eigenvalue weighted by atomic mass is 16.2. The number of nitrogens with zero attached hydrogens (tertiary/aromatic N) is 2. The quantitative estimate of drug-likeness (QED) is 0.637. The molecule has 4 nitrogen and oxygen atoms in total. The van der Waals surface area contributed by atoms with Crippen molar-refractivity contribution in [3.63, 3.8) is 0 Å². The number of likely N-dealkylation sites (N-methyl/N-ethyl adjacent to an activating group) is 2. The van der Waals surface area contributed by atoms with Crippen molar-refractivity contribution in [1.82, 2.24) is 15.1 Å². The lowest BCUT2D eigenvalue weighted by Crippen LogP contribution is -2.41. The molecule has 0 aromatic carbocycles. The van der Waals surface area contributed by atoms with Crippen LogP contribution in [-0.4, -0.2) is 63.0 Å². The Morgan fingerprint density at radius 3 is 2.23 bits per heavy atom. The number of rotatable bonds is 5. The first kappa shape index (κ1) is 12.4. The van der Waals surface area contributed by atoms with Crippen molar-refractivity contribution < 1.29 is 4.79 Å². The molecule has 0 saturated heterocycles. The molecular formula is C9H21N3O. The lowest BCUT2D eigenvalue weighted by Gasteiger charge is -2.19. The van der Waals surface area contributed by atoms with E-state index in [1.54, 1.807) is 19.0 Å². The highest BCUT2D eigenvalue weighted by molar-refractivity contribution is 5.77. The van der Waals surface area contributed by atoms with Gasteiger partial charge in [0.15, 0.2) is 0 Å². The highest BCUT2D eigenvalue weighted by Crippen LogP contribution is 1.85. The maximum absolute atomic E-state index is 11.2. The molecule has 13 heavy (non-hydrogen) atoms. The van der Waals surface area contributed by atoms with Crippen molar-refractivity contribution in [2.75, 3.05) is 41.3 Å². The average Bonchev–Trinajstić information content (AvgIpc) is 1.98. The Morgan fingerprint density at radius 1 is 1.31 bits per heavy atom. The molecule has 0 aliphatic carbocycles. The fraction of sp³-hybridized carbons (Fsp3) is 0.889. The van der Waals surface area contributed by atoms with E-state index in [0.29, 0.717) is 12.6 Å². The summed E-state index contributed by atoms with van der Waals surface area (Å²) in [5.74, 6) is 0.116. The number of amides is 1. The molecule has 0 aliphatic heterocycles. The Hall–Kier alpha value is -0.610. The van der Waals surface area contributed by atoms with Gasteiger partial charge in [-0.15, -0.1) is 0 Å². The van der Waals surface area contributed by atoms with Crippen LogP contribution in [0.4, 0.5) is 0 Å². The molecular weight excluding hydrogens is 166 g/mol. The van der Waals surface area contributed by atoms with Gasteiger partial charge in [0, 0.05) is 26.7 Å². The molecule has 0 saturated carbocycles. The summed E-state index contributed by atoms with van der Waals surface area (Å²) in [4.78, 5) is 14.9. The van der Waals surface area contributed by atoms with Crippen molar-refractivity contribution in [1.29, 1.82) is 0 Å². The Morgan fingerprint density at radius 2 is 1.85 bits per heavy atom. The van der Waals surface area contributed by atoms with Crippen LogP contribution in [0, 0.1) is 0 Å². The van der Waals surface area contributed by atoms with Crippen molar-refractivity contribution in [2.24, 2.45) is 0 Å². The van der Waals surface area contributed by atoms with Gasteiger partial charge < -0.3 is 15.1 Å². The molecule has 0 bridgehead atoms. The molecule has 0 heterocycles. The third-order valence-corrected chi connectivity index (χ3v) is 1.74. The summed E-state index contributed by atoms with van der Waals surface area (Å²) in [5.41, 5.74) is 0. The van der Waals surface area contributed by atoms with Crippen molar-refractivity contribution in [2.45, 2.75) is 13.0 Å². The lowest BCUT2D eigenvalue weighted by atomic mass is 10.3. The fourth-order valence-electron chi connectivity index (χ4n) is 1.03. The molecule has 0 spiro atoms. The van der Waals surface area contributed by atoms with Gasteiger partial charge >= 0.3 is 0 Å². The molecule has 4 heteroatoms. The first-order valence-corrected chi connectivity index (χ1v) is 4.51. The second kappa shape index (κ2) is 5.94. The van der Waals surface area contributed by atoms with E-state index in [1.807, 2.05) is 14.1 Å². The number of carbonyl (C=O) groups excluding carboxylic acids is 1. The Balaban J connectivity index is 3.58. The molecule has 0 radical (unpaired) electrons. The zero-order chi connectivity index (χ0) is 10.4. The topological polar surface area (TPSA) is 35.6 Å². The molecule has 0 aliphatic rings. The third kappa shape index (κ3) is 6.54. The largest absolute Gasteiger partial charge is 0.348 e. The van der Waals surface area contributed by atoms with Gasteiger partial charge in [0.2, 0.25) is 5.91 Å². The van der Waals surface area contributed by atoms with Crippen molar-refractivity contribution in [3.05, 3.63) is 0 Å². The van der Waals surface area contributed by atoms with Crippen LogP contribution in [0.2, 0.25) is 0 Å². The fourth-order valence-corrected chi connectivity index (χ4v) is 1.03. The van der Waals surface area contributed by atoms with E-state index in [-0.39, 0.29) is 5.91 Å². The summed E-state index contributed by atoms with van der Waals surface area (Å²) in [7, 11) is 7.57. The van der Waals surface area contributed by atoms with Gasteiger partial charge in [-0.1, -0.05) is 0 Å². The molecule has 1 unspecified atom stereocenters. The standard InChI is InChI=1S/C9H21N3O/c1-8(7-11(2)3)10-6-9(13)12(4)5/h8,10H,6-7H2,1-5H3. The summed E-state index contributed by atoms with van der Waals surface area (Å²) >= 11 is 0. The van der Waals surface area contributed by atoms with Crippen LogP contribution >= 0.6 is 0 Å². The second-order valence-electron chi connectivity index (χ2n) is 3.83. The second-order valence-corrected chi connectivity index (χ2v) is 3.83. The van der Waals surface area contributed by atoms with Gasteiger partial charge in [0.1, 0.15) is 0 Å². The number of hydrogen-bond acceptors (Lipinski definition) is 3. The van der Waals surface area contributed by atoms with Crippen LogP contribution in [0.3, 0.4) is 0 Å². The Kier molecular flexibility index (Phi) is 5.66. The van der Waals surface area contributed by atoms with E-state index < -0.39 is 0 Å². The predicted molar refractivity (Wildman–Crippen MR) is 54.7 cm³/mol. The first-order chi connectivity index (χ1) is 5.93. The normalized spacial score (nSPS) is 13.1. The van der Waals surface area contributed by atoms with Crippen LogP contribution in [0.15, 0.2) is 0 Å². The molecule has 0 rings (SSSR count). The lowest BCUT2D eigenvalue weighted by molar-refractivity contribution is -0.127. The SMILES string of the molecule is CC(CN(C)C)NCC(=O)N(C)C. The van der Waals surface area contributed by atoms with Crippen LogP contribution in [-0.2, 0) is 4.79 Å². The van der Waals surface area contributed by atoms with Gasteiger partial charge in [0.25, 0.3) is 0 Å². The molecule has 1 amide bonds. The smallest absolute Gasteiger partial charge is 0.236 e. The average molecular weight is 187 g/mol. The zero-order valence-electron chi connectivity index (χ0n) is 9.29. The van der Waals surface area contributed by atoms with E-state index in [0.717, 1.165) is 6.54 Å². The number of carbonyl (C=O) groups is 1. The predicted octanol–water partition coefficient (Wildman–Crippen LogP) is -0.386. The minimum atomic E-state index is 0.116.